The van der Waals surface area contributed by atoms with Crippen LogP contribution in [0.4, 0.5) is 4.79 Å². The van der Waals surface area contributed by atoms with E-state index >= 15 is 0 Å². The molecule has 9 nitrogen and oxygen atoms in total. The van der Waals surface area contributed by atoms with Gasteiger partial charge in [0, 0.05) is 25.6 Å². The normalized spacial score (nSPS) is 24.8. The fourth-order valence-electron chi connectivity index (χ4n) is 2.99. The minimum absolute atomic E-state index is 0.0185. The Bertz CT molecular complexity index is 666. The quantitative estimate of drug-likeness (QED) is 0.606. The first-order valence-electron chi connectivity index (χ1n) is 8.14. The molecule has 9 heteroatoms. The number of carbonyl (C=O) groups is 1. The zero-order chi connectivity index (χ0) is 17.8. The molecule has 1 amide bonds. The van der Waals surface area contributed by atoms with Crippen molar-refractivity contribution < 1.29 is 19.3 Å². The van der Waals surface area contributed by atoms with E-state index in [0.717, 1.165) is 0 Å². The van der Waals surface area contributed by atoms with Gasteiger partial charge in [-0.05, 0) is 18.1 Å². The average molecular weight is 348 g/mol. The molecule has 2 fully saturated rings. The molecule has 0 aromatic heterocycles. The molecular weight excluding hydrogens is 328 g/mol. The number of ether oxygens (including phenoxy) is 2. The fraction of sp³-hybridized carbons (Fsp3) is 0.500. The van der Waals surface area contributed by atoms with E-state index in [-0.39, 0.29) is 11.9 Å². The number of benzene rings is 1. The number of carbonyl (C=O) groups excluding carboxylic acids is 1. The van der Waals surface area contributed by atoms with Gasteiger partial charge in [-0.15, -0.1) is 0 Å². The zero-order valence-electron chi connectivity index (χ0n) is 13.9. The van der Waals surface area contributed by atoms with Gasteiger partial charge in [0.1, 0.15) is 10.9 Å². The summed E-state index contributed by atoms with van der Waals surface area (Å²) in [7, 11) is 0. The lowest BCUT2D eigenvalue weighted by atomic mass is 9.98. The molecular formula is C16H20N4O5. The number of nitro groups is 1. The molecule has 1 aromatic carbocycles. The van der Waals surface area contributed by atoms with Crippen molar-refractivity contribution in [1.29, 1.82) is 0 Å². The maximum Gasteiger partial charge on any atom is 0.422 e. The molecule has 1 aromatic rings. The summed E-state index contributed by atoms with van der Waals surface area (Å²) in [5, 5.41) is 13.5. The lowest BCUT2D eigenvalue weighted by Crippen LogP contribution is -2.42. The summed E-state index contributed by atoms with van der Waals surface area (Å²) in [5.41, 5.74) is 0. The van der Waals surface area contributed by atoms with Gasteiger partial charge in [0.25, 0.3) is 5.96 Å². The number of hydrogen-bond donors (Lipinski definition) is 0. The Morgan fingerprint density at radius 1 is 1.36 bits per heavy atom. The van der Waals surface area contributed by atoms with E-state index in [0.29, 0.717) is 44.5 Å². The Morgan fingerprint density at radius 2 is 2.12 bits per heavy atom. The van der Waals surface area contributed by atoms with Crippen LogP contribution in [0.5, 0.6) is 5.75 Å². The van der Waals surface area contributed by atoms with Crippen molar-refractivity contribution in [3.05, 3.63) is 40.4 Å². The molecule has 2 unspecified atom stereocenters. The van der Waals surface area contributed by atoms with Crippen LogP contribution in [0.25, 0.3) is 0 Å². The zero-order valence-corrected chi connectivity index (χ0v) is 13.9. The van der Waals surface area contributed by atoms with Crippen LogP contribution in [-0.4, -0.2) is 59.7 Å². The highest BCUT2D eigenvalue weighted by molar-refractivity contribution is 5.96. The van der Waals surface area contributed by atoms with Crippen LogP contribution in [0.15, 0.2) is 35.4 Å². The average Bonchev–Trinajstić information content (AvgIpc) is 3.15. The highest BCUT2D eigenvalue weighted by Crippen LogP contribution is 2.23. The van der Waals surface area contributed by atoms with Crippen LogP contribution >= 0.6 is 0 Å². The maximum atomic E-state index is 12.4. The summed E-state index contributed by atoms with van der Waals surface area (Å²) in [5.74, 6) is 1.01. The van der Waals surface area contributed by atoms with Crippen molar-refractivity contribution in [3.63, 3.8) is 0 Å². The van der Waals surface area contributed by atoms with Gasteiger partial charge < -0.3 is 14.4 Å². The number of rotatable bonds is 4. The Balaban J connectivity index is 1.72. The van der Waals surface area contributed by atoms with Gasteiger partial charge in [0.15, 0.2) is 5.03 Å². The predicted octanol–water partition coefficient (Wildman–Crippen LogP) is 1.63. The SMILES string of the molecule is CC1COCC1CN1CCN(C(=O)Oc2ccccc2)C1=N[N+](=O)[O-]. The monoisotopic (exact) mass is 348 g/mol. The maximum absolute atomic E-state index is 12.4. The second kappa shape index (κ2) is 7.47. The smallest absolute Gasteiger partial charge is 0.410 e. The number of hydrogen-bond acceptors (Lipinski definition) is 5. The predicted molar refractivity (Wildman–Crippen MR) is 88.6 cm³/mol. The van der Waals surface area contributed by atoms with Gasteiger partial charge in [0.05, 0.1) is 13.2 Å². The van der Waals surface area contributed by atoms with Crippen molar-refractivity contribution in [1.82, 2.24) is 9.80 Å². The Morgan fingerprint density at radius 3 is 2.76 bits per heavy atom. The van der Waals surface area contributed by atoms with Gasteiger partial charge in [-0.1, -0.05) is 25.1 Å². The first-order chi connectivity index (χ1) is 12.0. The van der Waals surface area contributed by atoms with Gasteiger partial charge in [-0.3, -0.25) is 0 Å². The van der Waals surface area contributed by atoms with E-state index in [2.05, 4.69) is 12.0 Å². The summed E-state index contributed by atoms with van der Waals surface area (Å²) >= 11 is 0. The summed E-state index contributed by atoms with van der Waals surface area (Å²) in [6.07, 6.45) is -0.676. The minimum Gasteiger partial charge on any atom is -0.410 e. The molecule has 134 valence electrons. The van der Waals surface area contributed by atoms with Crippen molar-refractivity contribution in [2.24, 2.45) is 16.9 Å². The summed E-state index contributed by atoms with van der Waals surface area (Å²) in [4.78, 5) is 26.3. The molecule has 3 rings (SSSR count). The lowest BCUT2D eigenvalue weighted by molar-refractivity contribution is -0.486. The van der Waals surface area contributed by atoms with Gasteiger partial charge in [-0.25, -0.2) is 19.8 Å². The van der Waals surface area contributed by atoms with E-state index in [1.54, 1.807) is 35.2 Å². The van der Waals surface area contributed by atoms with E-state index < -0.39 is 11.1 Å². The number of guanidine groups is 1. The van der Waals surface area contributed by atoms with Crippen LogP contribution in [-0.2, 0) is 4.74 Å². The third kappa shape index (κ3) is 4.05. The Labute approximate surface area is 144 Å². The fourth-order valence-corrected chi connectivity index (χ4v) is 2.99. The molecule has 0 saturated carbocycles. The van der Waals surface area contributed by atoms with Crippen molar-refractivity contribution >= 4 is 12.1 Å². The number of hydrazone groups is 1. The highest BCUT2D eigenvalue weighted by atomic mass is 16.7. The molecule has 0 radical (unpaired) electrons. The molecule has 0 N–H and O–H groups in total. The third-order valence-corrected chi connectivity index (χ3v) is 4.43. The van der Waals surface area contributed by atoms with Crippen LogP contribution in [0.1, 0.15) is 6.92 Å². The van der Waals surface area contributed by atoms with Crippen molar-refractivity contribution in [2.75, 3.05) is 32.8 Å². The largest absolute Gasteiger partial charge is 0.422 e. The highest BCUT2D eigenvalue weighted by Gasteiger charge is 2.38. The van der Waals surface area contributed by atoms with Crippen LogP contribution < -0.4 is 4.74 Å². The molecule has 2 saturated heterocycles. The van der Waals surface area contributed by atoms with Gasteiger partial charge >= 0.3 is 6.09 Å². The van der Waals surface area contributed by atoms with E-state index in [9.17, 15) is 14.9 Å². The molecule has 2 heterocycles. The standard InChI is InChI=1S/C16H20N4O5/c1-12-10-24-11-13(12)9-18-7-8-19(15(18)17-20(22)23)16(21)25-14-5-3-2-4-6-14/h2-6,12-13H,7-11H2,1H3. The van der Waals surface area contributed by atoms with Crippen LogP contribution in [0, 0.1) is 22.0 Å². The third-order valence-electron chi connectivity index (χ3n) is 4.43. The van der Waals surface area contributed by atoms with Crippen molar-refractivity contribution in [3.8, 4) is 5.75 Å². The summed E-state index contributed by atoms with van der Waals surface area (Å²) in [6.45, 7) is 4.69. The summed E-state index contributed by atoms with van der Waals surface area (Å²) in [6, 6.07) is 8.58. The van der Waals surface area contributed by atoms with Crippen LogP contribution in [0.3, 0.4) is 0 Å². The second-order valence-electron chi connectivity index (χ2n) is 6.19. The molecule has 0 bridgehead atoms. The molecule has 25 heavy (non-hydrogen) atoms. The van der Waals surface area contributed by atoms with Gasteiger partial charge in [0.2, 0.25) is 0 Å². The first-order valence-corrected chi connectivity index (χ1v) is 8.14. The molecule has 2 aliphatic heterocycles. The Hall–Kier alpha value is -2.68. The minimum atomic E-state index is -0.787. The molecule has 0 spiro atoms. The summed E-state index contributed by atoms with van der Waals surface area (Å²) < 4.78 is 10.7. The van der Waals surface area contributed by atoms with Crippen molar-refractivity contribution in [2.45, 2.75) is 6.92 Å². The van der Waals surface area contributed by atoms with E-state index in [4.69, 9.17) is 9.47 Å². The Kier molecular flexibility index (Phi) is 5.13. The first kappa shape index (κ1) is 17.2. The lowest BCUT2D eigenvalue weighted by Gasteiger charge is -2.23. The molecule has 2 atom stereocenters. The second-order valence-corrected chi connectivity index (χ2v) is 6.19. The molecule has 0 aliphatic carbocycles. The topological polar surface area (TPSA) is 97.5 Å². The number of amides is 1. The van der Waals surface area contributed by atoms with Gasteiger partial charge in [-0.2, -0.15) is 0 Å². The van der Waals surface area contributed by atoms with E-state index in [1.165, 1.54) is 4.90 Å². The van der Waals surface area contributed by atoms with E-state index in [1.807, 2.05) is 0 Å². The number of nitrogens with zero attached hydrogens (tertiary/aromatic N) is 4. The number of para-hydroxylation sites is 1. The van der Waals surface area contributed by atoms with Crippen LogP contribution in [0.2, 0.25) is 0 Å². The molecule has 2 aliphatic rings.